The van der Waals surface area contributed by atoms with Crippen molar-refractivity contribution in [3.05, 3.63) is 52.5 Å². The van der Waals surface area contributed by atoms with E-state index in [-0.39, 0.29) is 24.7 Å². The summed E-state index contributed by atoms with van der Waals surface area (Å²) in [7, 11) is 0. The van der Waals surface area contributed by atoms with Crippen molar-refractivity contribution in [3.8, 4) is 17.2 Å². The zero-order valence-corrected chi connectivity index (χ0v) is 14.5. The van der Waals surface area contributed by atoms with Crippen molar-refractivity contribution in [3.63, 3.8) is 0 Å². The molecule has 1 amide bonds. The lowest BCUT2D eigenvalue weighted by Crippen LogP contribution is -2.38. The van der Waals surface area contributed by atoms with E-state index in [1.54, 1.807) is 6.07 Å². The number of amides is 1. The van der Waals surface area contributed by atoms with E-state index in [1.807, 2.05) is 37.3 Å². The number of nitrogens with one attached hydrogen (secondary N) is 1. The molecule has 0 spiro atoms. The molecule has 0 bridgehead atoms. The van der Waals surface area contributed by atoms with Crippen LogP contribution in [0.4, 0.5) is 0 Å². The molecule has 2 atom stereocenters. The third-order valence-corrected chi connectivity index (χ3v) is 4.79. The molecule has 2 aromatic rings. The minimum absolute atomic E-state index is 0.0317. The van der Waals surface area contributed by atoms with E-state index in [1.165, 1.54) is 0 Å². The number of carbonyl (C=O) groups is 1. The van der Waals surface area contributed by atoms with Crippen molar-refractivity contribution in [2.45, 2.75) is 19.4 Å². The molecule has 0 saturated carbocycles. The van der Waals surface area contributed by atoms with E-state index in [0.29, 0.717) is 23.8 Å². The van der Waals surface area contributed by atoms with Crippen LogP contribution in [-0.2, 0) is 11.2 Å². The van der Waals surface area contributed by atoms with Gasteiger partial charge in [-0.2, -0.15) is 0 Å². The van der Waals surface area contributed by atoms with Gasteiger partial charge in [-0.25, -0.2) is 0 Å². The van der Waals surface area contributed by atoms with Gasteiger partial charge in [0.2, 0.25) is 12.7 Å². The molecule has 0 fully saturated rings. The zero-order chi connectivity index (χ0) is 17.4. The molecule has 0 aliphatic carbocycles. The highest BCUT2D eigenvalue weighted by molar-refractivity contribution is 6.30. The lowest BCUT2D eigenvalue weighted by atomic mass is 9.95. The maximum absolute atomic E-state index is 12.6. The van der Waals surface area contributed by atoms with E-state index in [9.17, 15) is 4.79 Å². The summed E-state index contributed by atoms with van der Waals surface area (Å²) in [5.41, 5.74) is 1.94. The Kier molecular flexibility index (Phi) is 4.17. The first-order valence-electron chi connectivity index (χ1n) is 8.21. The summed E-state index contributed by atoms with van der Waals surface area (Å²) in [5.74, 6) is 1.98. The molecular weight excluding hydrogens is 342 g/mol. The fourth-order valence-electron chi connectivity index (χ4n) is 3.13. The Hall–Kier alpha value is -2.40. The number of hydrogen-bond acceptors (Lipinski definition) is 4. The summed E-state index contributed by atoms with van der Waals surface area (Å²) in [6.07, 6.45) is 0.621. The highest BCUT2D eigenvalue weighted by Crippen LogP contribution is 2.34. The van der Waals surface area contributed by atoms with Crippen molar-refractivity contribution in [1.29, 1.82) is 0 Å². The maximum atomic E-state index is 12.6. The fraction of sp³-hybridized carbons (Fsp3) is 0.316. The summed E-state index contributed by atoms with van der Waals surface area (Å²) in [4.78, 5) is 12.6. The van der Waals surface area contributed by atoms with Crippen LogP contribution in [0.25, 0.3) is 0 Å². The average Bonchev–Trinajstić information content (AvgIpc) is 3.08. The van der Waals surface area contributed by atoms with Gasteiger partial charge in [-0.3, -0.25) is 4.79 Å². The van der Waals surface area contributed by atoms with Gasteiger partial charge < -0.3 is 19.5 Å². The van der Waals surface area contributed by atoms with Gasteiger partial charge in [0.15, 0.2) is 11.5 Å². The first-order valence-corrected chi connectivity index (χ1v) is 8.59. The number of hydrogen-bond donors (Lipinski definition) is 1. The van der Waals surface area contributed by atoms with Crippen LogP contribution in [0.2, 0.25) is 5.02 Å². The van der Waals surface area contributed by atoms with E-state index in [4.69, 9.17) is 25.8 Å². The molecule has 2 aliphatic rings. The largest absolute Gasteiger partial charge is 0.492 e. The van der Waals surface area contributed by atoms with Gasteiger partial charge in [0.05, 0.1) is 12.0 Å². The molecule has 1 N–H and O–H groups in total. The first kappa shape index (κ1) is 16.1. The molecule has 25 heavy (non-hydrogen) atoms. The van der Waals surface area contributed by atoms with Crippen molar-refractivity contribution >= 4 is 17.5 Å². The molecule has 2 heterocycles. The van der Waals surface area contributed by atoms with Gasteiger partial charge in [-0.15, -0.1) is 0 Å². The van der Waals surface area contributed by atoms with Gasteiger partial charge >= 0.3 is 0 Å². The van der Waals surface area contributed by atoms with E-state index in [0.717, 1.165) is 22.6 Å². The highest BCUT2D eigenvalue weighted by atomic mass is 35.5. The number of halogens is 1. The highest BCUT2D eigenvalue weighted by Gasteiger charge is 2.27. The first-order chi connectivity index (χ1) is 12.1. The number of rotatable bonds is 3. The van der Waals surface area contributed by atoms with Gasteiger partial charge in [0.1, 0.15) is 12.4 Å². The third-order valence-electron chi connectivity index (χ3n) is 4.56. The van der Waals surface area contributed by atoms with Crippen LogP contribution in [-0.4, -0.2) is 19.3 Å². The SMILES string of the molecule is C[C@H](NC(=O)[C@@H]1COc2ccc(Cl)cc2C1)c1ccc2c(c1)OCO2. The molecule has 5 nitrogen and oxygen atoms in total. The fourth-order valence-corrected chi connectivity index (χ4v) is 3.32. The Bertz CT molecular complexity index is 823. The Balaban J connectivity index is 1.43. The van der Waals surface area contributed by atoms with Crippen molar-refractivity contribution in [2.75, 3.05) is 13.4 Å². The molecule has 130 valence electrons. The van der Waals surface area contributed by atoms with E-state index >= 15 is 0 Å². The van der Waals surface area contributed by atoms with Gasteiger partial charge in [0.25, 0.3) is 0 Å². The molecule has 0 aromatic heterocycles. The Morgan fingerprint density at radius 2 is 1.92 bits per heavy atom. The predicted molar refractivity (Wildman–Crippen MR) is 93.3 cm³/mol. The van der Waals surface area contributed by atoms with Crippen LogP contribution in [0.3, 0.4) is 0 Å². The van der Waals surface area contributed by atoms with Crippen LogP contribution in [0, 0.1) is 5.92 Å². The normalized spacial score (nSPS) is 18.9. The monoisotopic (exact) mass is 359 g/mol. The van der Waals surface area contributed by atoms with Crippen LogP contribution >= 0.6 is 11.6 Å². The number of benzene rings is 2. The molecule has 4 rings (SSSR count). The van der Waals surface area contributed by atoms with Gasteiger partial charge in [0, 0.05) is 5.02 Å². The molecule has 0 unspecified atom stereocenters. The lowest BCUT2D eigenvalue weighted by molar-refractivity contribution is -0.126. The van der Waals surface area contributed by atoms with Crippen LogP contribution in [0.15, 0.2) is 36.4 Å². The minimum atomic E-state index is -0.234. The average molecular weight is 360 g/mol. The zero-order valence-electron chi connectivity index (χ0n) is 13.8. The molecular formula is C19H18ClNO4. The Labute approximate surface area is 150 Å². The predicted octanol–water partition coefficient (Wildman–Crippen LogP) is 3.50. The smallest absolute Gasteiger partial charge is 0.231 e. The second kappa shape index (κ2) is 6.48. The second-order valence-corrected chi connectivity index (χ2v) is 6.74. The molecule has 0 radical (unpaired) electrons. The van der Waals surface area contributed by atoms with Crippen molar-refractivity contribution < 1.29 is 19.0 Å². The number of fused-ring (bicyclic) bond motifs is 2. The van der Waals surface area contributed by atoms with Crippen LogP contribution in [0.5, 0.6) is 17.2 Å². The Morgan fingerprint density at radius 3 is 2.80 bits per heavy atom. The van der Waals surface area contributed by atoms with Crippen LogP contribution < -0.4 is 19.5 Å². The maximum Gasteiger partial charge on any atom is 0.231 e. The number of carbonyl (C=O) groups excluding carboxylic acids is 1. The van der Waals surface area contributed by atoms with Crippen LogP contribution in [0.1, 0.15) is 24.1 Å². The van der Waals surface area contributed by atoms with Crippen molar-refractivity contribution in [2.24, 2.45) is 5.92 Å². The van der Waals surface area contributed by atoms with Gasteiger partial charge in [-0.1, -0.05) is 17.7 Å². The second-order valence-electron chi connectivity index (χ2n) is 6.31. The number of ether oxygens (including phenoxy) is 3. The molecule has 2 aromatic carbocycles. The molecule has 0 saturated heterocycles. The quantitative estimate of drug-likeness (QED) is 0.911. The topological polar surface area (TPSA) is 56.8 Å². The molecule has 6 heteroatoms. The summed E-state index contributed by atoms with van der Waals surface area (Å²) in [5, 5.41) is 3.70. The summed E-state index contributed by atoms with van der Waals surface area (Å²) in [6.45, 7) is 2.55. The standard InChI is InChI=1S/C19H18ClNO4/c1-11(12-2-4-17-18(8-12)25-10-24-17)21-19(22)14-6-13-7-15(20)3-5-16(13)23-9-14/h2-5,7-8,11,14H,6,9-10H2,1H3,(H,21,22)/t11-,14-/m0/s1. The summed E-state index contributed by atoms with van der Waals surface area (Å²) in [6, 6.07) is 11.1. The van der Waals surface area contributed by atoms with Crippen molar-refractivity contribution in [1.82, 2.24) is 5.32 Å². The van der Waals surface area contributed by atoms with E-state index < -0.39 is 0 Å². The lowest BCUT2D eigenvalue weighted by Gasteiger charge is -2.26. The third kappa shape index (κ3) is 3.24. The Morgan fingerprint density at radius 1 is 1.12 bits per heavy atom. The minimum Gasteiger partial charge on any atom is -0.492 e. The molecule has 2 aliphatic heterocycles. The summed E-state index contributed by atoms with van der Waals surface area (Å²) >= 11 is 6.04. The van der Waals surface area contributed by atoms with Gasteiger partial charge in [-0.05, 0) is 54.8 Å². The van der Waals surface area contributed by atoms with E-state index in [2.05, 4.69) is 5.32 Å². The summed E-state index contributed by atoms with van der Waals surface area (Å²) < 4.78 is 16.4.